The van der Waals surface area contributed by atoms with E-state index in [0.717, 1.165) is 6.07 Å². The van der Waals surface area contributed by atoms with Crippen LogP contribution in [0.2, 0.25) is 5.15 Å². The van der Waals surface area contributed by atoms with E-state index in [1.54, 1.807) is 6.26 Å². The van der Waals surface area contributed by atoms with E-state index in [1.165, 1.54) is 18.7 Å². The van der Waals surface area contributed by atoms with Gasteiger partial charge in [0.25, 0.3) is 5.92 Å². The van der Waals surface area contributed by atoms with Crippen LogP contribution in [0.3, 0.4) is 0 Å². The third kappa shape index (κ3) is 2.54. The molecule has 0 aromatic carbocycles. The molecule has 0 unspecified atom stereocenters. The van der Waals surface area contributed by atoms with Crippen molar-refractivity contribution in [2.24, 2.45) is 0 Å². The molecule has 0 saturated heterocycles. The maximum atomic E-state index is 13.2. The maximum absolute atomic E-state index is 13.2. The van der Waals surface area contributed by atoms with Gasteiger partial charge in [-0.1, -0.05) is 30.3 Å². The summed E-state index contributed by atoms with van der Waals surface area (Å²) in [7, 11) is 0. The molecule has 1 aromatic rings. The van der Waals surface area contributed by atoms with Gasteiger partial charge in [-0.2, -0.15) is 8.78 Å². The van der Waals surface area contributed by atoms with Gasteiger partial charge in [-0.15, -0.1) is 0 Å². The van der Waals surface area contributed by atoms with Gasteiger partial charge in [0, 0.05) is 12.5 Å². The van der Waals surface area contributed by atoms with Gasteiger partial charge in [-0.05, 0) is 6.26 Å². The molecule has 1 aromatic heterocycles. The van der Waals surface area contributed by atoms with Crippen LogP contribution in [-0.2, 0) is 5.92 Å². The number of aromatic nitrogens is 2. The van der Waals surface area contributed by atoms with Crippen LogP contribution >= 0.6 is 23.4 Å². The van der Waals surface area contributed by atoms with Gasteiger partial charge in [0.2, 0.25) is 0 Å². The van der Waals surface area contributed by atoms with E-state index in [-0.39, 0.29) is 22.4 Å². The van der Waals surface area contributed by atoms with Crippen LogP contribution in [0.5, 0.6) is 0 Å². The molecule has 1 heterocycles. The van der Waals surface area contributed by atoms with E-state index in [1.807, 2.05) is 0 Å². The van der Waals surface area contributed by atoms with E-state index in [0.29, 0.717) is 0 Å². The smallest absolute Gasteiger partial charge is 0.221 e. The molecule has 0 atom stereocenters. The molecule has 0 saturated carbocycles. The third-order valence-electron chi connectivity index (χ3n) is 1.68. The lowest BCUT2D eigenvalue weighted by Gasteiger charge is -2.13. The fourth-order valence-electron chi connectivity index (χ4n) is 0.857. The Morgan fingerprint density at radius 3 is 2.64 bits per heavy atom. The van der Waals surface area contributed by atoms with Crippen LogP contribution < -0.4 is 0 Å². The Bertz CT molecular complexity index is 333. The monoisotopic (exact) mass is 238 g/mol. The van der Waals surface area contributed by atoms with Crippen molar-refractivity contribution in [1.29, 1.82) is 0 Å². The molecule has 0 bridgehead atoms. The number of hydrogen-bond acceptors (Lipinski definition) is 3. The first-order valence-electron chi connectivity index (χ1n) is 3.96. The lowest BCUT2D eigenvalue weighted by molar-refractivity contribution is -0.0135. The van der Waals surface area contributed by atoms with E-state index >= 15 is 0 Å². The Hall–Kier alpha value is -0.420. The van der Waals surface area contributed by atoms with Crippen LogP contribution in [0, 0.1) is 0 Å². The van der Waals surface area contributed by atoms with Crippen LogP contribution in [0.25, 0.3) is 0 Å². The van der Waals surface area contributed by atoms with Crippen molar-refractivity contribution in [3.05, 3.63) is 16.9 Å². The summed E-state index contributed by atoms with van der Waals surface area (Å²) < 4.78 is 26.4. The predicted molar refractivity (Wildman–Crippen MR) is 53.0 cm³/mol. The highest BCUT2D eigenvalue weighted by Crippen LogP contribution is 2.31. The van der Waals surface area contributed by atoms with E-state index in [4.69, 9.17) is 11.6 Å². The molecule has 78 valence electrons. The van der Waals surface area contributed by atoms with Gasteiger partial charge in [0.15, 0.2) is 5.16 Å². The molecular formula is C8H9ClF2N2S. The van der Waals surface area contributed by atoms with Crippen molar-refractivity contribution in [2.45, 2.75) is 24.4 Å². The summed E-state index contributed by atoms with van der Waals surface area (Å²) in [6.45, 7) is 1.40. The van der Waals surface area contributed by atoms with Crippen molar-refractivity contribution < 1.29 is 8.78 Å². The van der Waals surface area contributed by atoms with Crippen LogP contribution in [0.15, 0.2) is 11.2 Å². The first kappa shape index (κ1) is 11.7. The highest BCUT2D eigenvalue weighted by atomic mass is 35.5. The molecular weight excluding hydrogens is 230 g/mol. The molecule has 0 fully saturated rings. The van der Waals surface area contributed by atoms with Gasteiger partial charge in [0.1, 0.15) is 10.8 Å². The largest absolute Gasteiger partial charge is 0.289 e. The number of hydrogen-bond donors (Lipinski definition) is 0. The minimum atomic E-state index is -2.93. The zero-order valence-electron chi connectivity index (χ0n) is 7.72. The summed E-state index contributed by atoms with van der Waals surface area (Å²) in [6.07, 6.45) is 1.41. The molecule has 2 nitrogen and oxygen atoms in total. The summed E-state index contributed by atoms with van der Waals surface area (Å²) in [5.74, 6) is -2.93. The summed E-state index contributed by atoms with van der Waals surface area (Å²) in [4.78, 5) is 7.50. The van der Waals surface area contributed by atoms with Gasteiger partial charge in [-0.3, -0.25) is 0 Å². The Kier molecular flexibility index (Phi) is 3.66. The van der Waals surface area contributed by atoms with E-state index in [9.17, 15) is 8.78 Å². The number of thioether (sulfide) groups is 1. The SMILES string of the molecule is CCC(F)(F)c1cc(Cl)nc(SC)n1. The molecule has 6 heteroatoms. The highest BCUT2D eigenvalue weighted by molar-refractivity contribution is 7.98. The van der Waals surface area contributed by atoms with Gasteiger partial charge < -0.3 is 0 Å². The molecule has 0 amide bonds. The second-order valence-corrected chi connectivity index (χ2v) is 3.78. The van der Waals surface area contributed by atoms with Crippen LogP contribution in [0.4, 0.5) is 8.78 Å². The fraction of sp³-hybridized carbons (Fsp3) is 0.500. The molecule has 0 aliphatic carbocycles. The van der Waals surface area contributed by atoms with Crippen LogP contribution in [0.1, 0.15) is 19.0 Å². The Labute approximate surface area is 90.1 Å². The van der Waals surface area contributed by atoms with Crippen molar-refractivity contribution >= 4 is 23.4 Å². The molecule has 0 aliphatic rings. The zero-order chi connectivity index (χ0) is 10.8. The minimum absolute atomic E-state index is 0.0486. The van der Waals surface area contributed by atoms with E-state index < -0.39 is 5.92 Å². The second kappa shape index (κ2) is 4.40. The third-order valence-corrected chi connectivity index (χ3v) is 2.42. The fourth-order valence-corrected chi connectivity index (χ4v) is 1.47. The van der Waals surface area contributed by atoms with Crippen molar-refractivity contribution in [2.75, 3.05) is 6.26 Å². The Balaban J connectivity index is 3.15. The number of rotatable bonds is 3. The summed E-state index contributed by atoms with van der Waals surface area (Å²) in [5.41, 5.74) is -0.315. The lowest BCUT2D eigenvalue weighted by atomic mass is 10.2. The van der Waals surface area contributed by atoms with Gasteiger partial charge in [0.05, 0.1) is 0 Å². The summed E-state index contributed by atoms with van der Waals surface area (Å²) in [6, 6.07) is 1.10. The molecule has 0 spiro atoms. The minimum Gasteiger partial charge on any atom is -0.221 e. The average Bonchev–Trinajstić information content (AvgIpc) is 2.16. The Morgan fingerprint density at radius 2 is 2.14 bits per heavy atom. The number of alkyl halides is 2. The predicted octanol–water partition coefficient (Wildman–Crippen LogP) is 3.35. The zero-order valence-corrected chi connectivity index (χ0v) is 9.29. The van der Waals surface area contributed by atoms with Gasteiger partial charge >= 0.3 is 0 Å². The maximum Gasteiger partial charge on any atom is 0.289 e. The van der Waals surface area contributed by atoms with Crippen molar-refractivity contribution in [1.82, 2.24) is 9.97 Å². The first-order chi connectivity index (χ1) is 6.49. The number of halogens is 3. The molecule has 0 N–H and O–H groups in total. The van der Waals surface area contributed by atoms with Crippen molar-refractivity contribution in [3.8, 4) is 0 Å². The quantitative estimate of drug-likeness (QED) is 0.459. The summed E-state index contributed by atoms with van der Waals surface area (Å²) >= 11 is 6.78. The summed E-state index contributed by atoms with van der Waals surface area (Å²) in [5, 5.41) is 0.313. The van der Waals surface area contributed by atoms with Crippen molar-refractivity contribution in [3.63, 3.8) is 0 Å². The molecule has 14 heavy (non-hydrogen) atoms. The standard InChI is InChI=1S/C8H9ClF2N2S/c1-3-8(10,11)5-4-6(9)13-7(12-5)14-2/h4H,3H2,1-2H3. The lowest BCUT2D eigenvalue weighted by Crippen LogP contribution is -2.14. The number of nitrogens with zero attached hydrogens (tertiary/aromatic N) is 2. The topological polar surface area (TPSA) is 25.8 Å². The van der Waals surface area contributed by atoms with Crippen LogP contribution in [-0.4, -0.2) is 16.2 Å². The normalized spacial score (nSPS) is 11.8. The molecule has 0 radical (unpaired) electrons. The Morgan fingerprint density at radius 1 is 1.50 bits per heavy atom. The molecule has 0 aliphatic heterocycles. The highest BCUT2D eigenvalue weighted by Gasteiger charge is 2.31. The average molecular weight is 239 g/mol. The van der Waals surface area contributed by atoms with Gasteiger partial charge in [-0.25, -0.2) is 9.97 Å². The molecule has 1 rings (SSSR count). The first-order valence-corrected chi connectivity index (χ1v) is 5.56. The second-order valence-electron chi connectivity index (χ2n) is 2.62. The van der Waals surface area contributed by atoms with E-state index in [2.05, 4.69) is 9.97 Å².